The zero-order chi connectivity index (χ0) is 63.2. The van der Waals surface area contributed by atoms with E-state index in [0.29, 0.717) is 54.1 Å². The zero-order valence-electron chi connectivity index (χ0n) is 58.9. The van der Waals surface area contributed by atoms with E-state index < -0.39 is 0 Å². The first-order chi connectivity index (χ1) is 43.4. The minimum absolute atomic E-state index is 0. The highest BCUT2D eigenvalue weighted by Gasteiger charge is 2.53. The monoisotopic (exact) mass is 1400 g/mol. The minimum Gasteiger partial charge on any atom is -0.269 e. The van der Waals surface area contributed by atoms with Gasteiger partial charge in [0.1, 0.15) is 0 Å². The molecule has 15 fully saturated rings. The van der Waals surface area contributed by atoms with Crippen molar-refractivity contribution in [2.75, 3.05) is 0 Å². The Morgan fingerprint density at radius 3 is 0.389 bits per heavy atom. The largest absolute Gasteiger partial charge is 0.269 e. The molecule has 0 amide bonds. The van der Waals surface area contributed by atoms with Crippen molar-refractivity contribution in [2.45, 2.75) is 343 Å². The molecule has 20 rings (SSSR count). The van der Waals surface area contributed by atoms with Crippen LogP contribution in [0, 0.1) is 27.1 Å². The van der Waals surface area contributed by atoms with Crippen LogP contribution < -0.4 is 0 Å². The minimum atomic E-state index is 0. The Labute approximate surface area is 601 Å². The molecule has 0 N–H and O–H groups in total. The fourth-order valence-electron chi connectivity index (χ4n) is 22.1. The normalized spacial score (nSPS) is 32.9. The highest BCUT2D eigenvalue weighted by Crippen LogP contribution is 2.64. The third-order valence-corrected chi connectivity index (χ3v) is 29.6. The summed E-state index contributed by atoms with van der Waals surface area (Å²) in [6.45, 7) is 11.7. The van der Waals surface area contributed by atoms with E-state index in [9.17, 15) is 0 Å². The highest BCUT2D eigenvalue weighted by atomic mass is 32.1. The van der Waals surface area contributed by atoms with Crippen molar-refractivity contribution in [3.63, 3.8) is 0 Å². The molecule has 0 heterocycles. The fourth-order valence-corrected chi connectivity index (χ4v) is 22.7. The standard InChI is InChI=1S/5C17H23S.5FH/c5*1-2-7-16-8-11-17(12-9-16,13-10-16)14-3-5-15(18)6-4-14;;;;;/h5*3-6H,2,7-13H2,1H3;5*1H. The van der Waals surface area contributed by atoms with E-state index in [0.717, 1.165) is 24.5 Å². The van der Waals surface area contributed by atoms with Crippen LogP contribution in [-0.2, 0) is 27.1 Å². The Morgan fingerprint density at radius 1 is 0.189 bits per heavy atom. The van der Waals surface area contributed by atoms with Crippen LogP contribution in [0.15, 0.2) is 146 Å². The molecule has 5 aromatic carbocycles. The maximum atomic E-state index is 5.21. The van der Waals surface area contributed by atoms with Gasteiger partial charge in [-0.3, -0.25) is 23.5 Å². The third kappa shape index (κ3) is 17.6. The lowest BCUT2D eigenvalue weighted by molar-refractivity contribution is 0.0320. The van der Waals surface area contributed by atoms with Gasteiger partial charge in [-0.1, -0.05) is 191 Å². The summed E-state index contributed by atoms with van der Waals surface area (Å²) in [5, 5.41) is 0. The summed E-state index contributed by atoms with van der Waals surface area (Å²) in [7, 11) is 0. The van der Waals surface area contributed by atoms with Crippen LogP contribution in [-0.4, -0.2) is 0 Å². The van der Waals surface area contributed by atoms with E-state index >= 15 is 0 Å². The lowest BCUT2D eigenvalue weighted by Crippen LogP contribution is -2.44. The van der Waals surface area contributed by atoms with E-state index in [-0.39, 0.29) is 23.5 Å². The van der Waals surface area contributed by atoms with Gasteiger partial charge in [0.2, 0.25) is 0 Å². The van der Waals surface area contributed by atoms with E-state index in [2.05, 4.69) is 156 Å². The summed E-state index contributed by atoms with van der Waals surface area (Å²) < 4.78 is 0. The maximum absolute atomic E-state index is 5.21. The molecule has 15 saturated carbocycles. The summed E-state index contributed by atoms with van der Waals surface area (Å²) in [5.41, 5.74) is 13.9. The predicted molar refractivity (Wildman–Crippen MR) is 408 cm³/mol. The van der Waals surface area contributed by atoms with Gasteiger partial charge in [0, 0.05) is 24.5 Å². The molecule has 0 spiro atoms. The Morgan fingerprint density at radius 2 is 0.295 bits per heavy atom. The van der Waals surface area contributed by atoms with Crippen molar-refractivity contribution in [1.82, 2.24) is 0 Å². The number of rotatable bonds is 15. The molecule has 5 aromatic rings. The molecule has 0 unspecified atom stereocenters. The van der Waals surface area contributed by atoms with Crippen molar-refractivity contribution in [1.29, 1.82) is 0 Å². The molecule has 0 aliphatic heterocycles. The number of halogens is 5. The van der Waals surface area contributed by atoms with Crippen LogP contribution in [0.5, 0.6) is 0 Å². The van der Waals surface area contributed by atoms with Crippen LogP contribution >= 0.6 is 63.1 Å². The second kappa shape index (κ2) is 34.0. The average Bonchev–Trinajstić information content (AvgIpc) is 0.791. The lowest BCUT2D eigenvalue weighted by Gasteiger charge is -2.54. The molecule has 15 aliphatic rings. The first-order valence-electron chi connectivity index (χ1n) is 37.3. The van der Waals surface area contributed by atoms with E-state index in [1.54, 1.807) is 27.8 Å². The van der Waals surface area contributed by atoms with Crippen LogP contribution in [0.3, 0.4) is 0 Å². The lowest BCUT2D eigenvalue weighted by atomic mass is 9.51. The molecule has 95 heavy (non-hydrogen) atoms. The summed E-state index contributed by atoms with van der Waals surface area (Å²) in [6.07, 6.45) is 57.0. The van der Waals surface area contributed by atoms with Gasteiger partial charge in [-0.25, -0.2) is 0 Å². The van der Waals surface area contributed by atoms with Crippen LogP contribution in [0.25, 0.3) is 0 Å². The van der Waals surface area contributed by atoms with Gasteiger partial charge >= 0.3 is 0 Å². The Bertz CT molecular complexity index is 2480. The first kappa shape index (κ1) is 80.8. The molecule has 15 aliphatic carbocycles. The van der Waals surface area contributed by atoms with Crippen LogP contribution in [0.4, 0.5) is 23.5 Å². The molecule has 0 saturated heterocycles. The molecular formula is C85H120F5S5. The molecular weight excluding hydrogens is 1280 g/mol. The molecule has 0 aromatic heterocycles. The molecule has 10 bridgehead atoms. The Hall–Kier alpha value is -3.15. The number of benzene rings is 5. The second-order valence-corrected chi connectivity index (χ2v) is 35.1. The Kier molecular flexibility index (Phi) is 28.9. The summed E-state index contributed by atoms with van der Waals surface area (Å²) >= 11 is 26.0. The highest BCUT2D eigenvalue weighted by molar-refractivity contribution is 7.81. The molecule has 10 heteroatoms. The van der Waals surface area contributed by atoms with E-state index in [4.69, 9.17) is 63.1 Å². The quantitative estimate of drug-likeness (QED) is 0.0917. The molecule has 0 atom stereocenters. The number of fused-ring (bicyclic) bond motifs is 15. The topological polar surface area (TPSA) is 0 Å². The van der Waals surface area contributed by atoms with Gasteiger partial charge in [-0.05, 0) is 367 Å². The van der Waals surface area contributed by atoms with Crippen molar-refractivity contribution >= 4 is 63.1 Å². The molecule has 0 nitrogen and oxygen atoms in total. The Balaban J connectivity index is 0.000000186. The summed E-state index contributed by atoms with van der Waals surface area (Å²) in [4.78, 5) is 4.87. The van der Waals surface area contributed by atoms with Crippen molar-refractivity contribution in [3.05, 3.63) is 149 Å². The first-order valence-corrected chi connectivity index (χ1v) is 39.3. The van der Waals surface area contributed by atoms with E-state index in [1.165, 1.54) is 257 Å². The summed E-state index contributed by atoms with van der Waals surface area (Å²) in [6, 6.07) is 44.1. The fraction of sp³-hybridized carbons (Fsp3) is 0.647. The third-order valence-electron chi connectivity index (χ3n) is 28.2. The van der Waals surface area contributed by atoms with Gasteiger partial charge in [-0.15, -0.1) is 0 Å². The van der Waals surface area contributed by atoms with Crippen molar-refractivity contribution in [2.24, 2.45) is 27.1 Å². The maximum Gasteiger partial charge on any atom is 0.0377 e. The van der Waals surface area contributed by atoms with Gasteiger partial charge in [0.25, 0.3) is 0 Å². The number of hydrogen-bond donors (Lipinski definition) is 0. The second-order valence-electron chi connectivity index (χ2n) is 32.8. The van der Waals surface area contributed by atoms with Crippen molar-refractivity contribution < 1.29 is 23.5 Å². The van der Waals surface area contributed by atoms with Gasteiger partial charge in [-0.2, -0.15) is 0 Å². The number of hydrogen-bond acceptors (Lipinski definition) is 0. The summed E-state index contributed by atoms with van der Waals surface area (Å²) in [5.74, 6) is 0. The van der Waals surface area contributed by atoms with Crippen LogP contribution in [0.2, 0.25) is 0 Å². The zero-order valence-corrected chi connectivity index (χ0v) is 63.0. The van der Waals surface area contributed by atoms with Gasteiger partial charge < -0.3 is 0 Å². The SMILES string of the molecule is CCCC12CCC(c3ccc([S])cc3)(CC1)CC2.CCCC12CCC(c3ccc([S])cc3)(CC1)CC2.CCCC12CCC(c3ccc([S])cc3)(CC1)CC2.CCCC12CCC(c3ccc([S])cc3)(CC1)CC2.CCCC12CCC(c3ccc([S])cc3)(CC1)CC2.F.F.F.F.F. The van der Waals surface area contributed by atoms with E-state index in [1.807, 2.05) is 0 Å². The van der Waals surface area contributed by atoms with Crippen molar-refractivity contribution in [3.8, 4) is 0 Å². The van der Waals surface area contributed by atoms with Gasteiger partial charge in [0.05, 0.1) is 0 Å². The smallest absolute Gasteiger partial charge is 0.0377 e. The predicted octanol–water partition coefficient (Wildman–Crippen LogP) is 28.9. The molecule has 5 radical (unpaired) electrons. The molecule has 525 valence electrons. The van der Waals surface area contributed by atoms with Gasteiger partial charge in [0.15, 0.2) is 0 Å². The van der Waals surface area contributed by atoms with Crippen LogP contribution in [0.1, 0.15) is 319 Å². The average molecular weight is 1400 g/mol.